The zero-order chi connectivity index (χ0) is 18.5. The fourth-order valence-electron chi connectivity index (χ4n) is 2.25. The summed E-state index contributed by atoms with van der Waals surface area (Å²) in [6.07, 6.45) is 6.59. The van der Waals surface area contributed by atoms with Crippen molar-refractivity contribution in [3.63, 3.8) is 0 Å². The van der Waals surface area contributed by atoms with Crippen molar-refractivity contribution in [1.82, 2.24) is 20.2 Å². The second kappa shape index (κ2) is 12.2. The highest BCUT2D eigenvalue weighted by Crippen LogP contribution is 2.10. The minimum Gasteiger partial charge on any atom is -0.504 e. The van der Waals surface area contributed by atoms with Crippen LogP contribution in [0.1, 0.15) is 19.2 Å². The zero-order valence-electron chi connectivity index (χ0n) is 15.8. The van der Waals surface area contributed by atoms with E-state index in [0.29, 0.717) is 6.54 Å². The normalized spacial score (nSPS) is 11.2. The molecule has 1 aromatic carbocycles. The second-order valence-electron chi connectivity index (χ2n) is 5.75. The Kier molecular flexibility index (Phi) is 10.1. The highest BCUT2D eigenvalue weighted by molar-refractivity contribution is 5.77. The summed E-state index contributed by atoms with van der Waals surface area (Å²) in [4.78, 5) is 11.1. The van der Waals surface area contributed by atoms with Crippen molar-refractivity contribution in [3.8, 4) is 0 Å². The lowest BCUT2D eigenvalue weighted by atomic mass is 10.2. The molecule has 1 aromatic heterocycles. The van der Waals surface area contributed by atoms with Crippen LogP contribution in [-0.2, 0) is 11.3 Å². The second-order valence-corrected chi connectivity index (χ2v) is 5.75. The summed E-state index contributed by atoms with van der Waals surface area (Å²) in [5.41, 5.74) is 2.00. The first-order valence-corrected chi connectivity index (χ1v) is 8.52. The Labute approximate surface area is 151 Å². The van der Waals surface area contributed by atoms with Gasteiger partial charge >= 0.3 is 0 Å². The minimum atomic E-state index is 0.680. The summed E-state index contributed by atoms with van der Waals surface area (Å²) >= 11 is 0. The molecule has 2 aromatic rings. The lowest BCUT2D eigenvalue weighted by Crippen LogP contribution is -2.21. The summed E-state index contributed by atoms with van der Waals surface area (Å²) in [7, 11) is 5.62. The number of ether oxygens (including phenoxy) is 1. The van der Waals surface area contributed by atoms with Gasteiger partial charge in [0.2, 0.25) is 0 Å². The van der Waals surface area contributed by atoms with Crippen LogP contribution in [-0.4, -0.2) is 49.2 Å². The van der Waals surface area contributed by atoms with Gasteiger partial charge < -0.3 is 10.1 Å². The number of likely N-dealkylation sites (N-methyl/N-ethyl adjacent to an activating group) is 1. The van der Waals surface area contributed by atoms with Crippen molar-refractivity contribution < 1.29 is 4.74 Å². The first-order chi connectivity index (χ1) is 12.1. The molecule has 0 bridgehead atoms. The van der Waals surface area contributed by atoms with Crippen LogP contribution in [0.25, 0.3) is 10.9 Å². The topological polar surface area (TPSA) is 50.3 Å². The van der Waals surface area contributed by atoms with Crippen molar-refractivity contribution in [3.05, 3.63) is 60.8 Å². The Morgan fingerprint density at radius 2 is 2.12 bits per heavy atom. The number of aromatic nitrogens is 2. The number of nitrogens with one attached hydrogen (secondary N) is 1. The van der Waals surface area contributed by atoms with E-state index in [-0.39, 0.29) is 0 Å². The van der Waals surface area contributed by atoms with Crippen LogP contribution in [0, 0.1) is 0 Å². The molecule has 0 fully saturated rings. The molecule has 1 N–H and O–H groups in total. The number of nitrogens with zero attached hydrogens (tertiary/aromatic N) is 3. The number of rotatable bonds is 8. The molecule has 0 aliphatic heterocycles. The van der Waals surface area contributed by atoms with Gasteiger partial charge in [-0.05, 0) is 33.1 Å². The van der Waals surface area contributed by atoms with Crippen molar-refractivity contribution in [2.24, 2.45) is 0 Å². The fourth-order valence-corrected chi connectivity index (χ4v) is 2.25. The fraction of sp³-hybridized carbons (Fsp3) is 0.400. The average molecular weight is 342 g/mol. The Morgan fingerprint density at radius 1 is 1.36 bits per heavy atom. The van der Waals surface area contributed by atoms with Gasteiger partial charge in [0.05, 0.1) is 25.4 Å². The first kappa shape index (κ1) is 20.8. The van der Waals surface area contributed by atoms with Crippen LogP contribution in [0.15, 0.2) is 55.0 Å². The van der Waals surface area contributed by atoms with Gasteiger partial charge in [-0.25, -0.2) is 9.97 Å². The van der Waals surface area contributed by atoms with Gasteiger partial charge in [-0.2, -0.15) is 0 Å². The van der Waals surface area contributed by atoms with Gasteiger partial charge in [-0.3, -0.25) is 4.90 Å². The summed E-state index contributed by atoms with van der Waals surface area (Å²) in [5.74, 6) is 0.812. The summed E-state index contributed by atoms with van der Waals surface area (Å²) in [6, 6.07) is 7.99. The SMILES string of the molecule is C=C/C(=C\OC)CN(C)Cc1ncc2ccccc2n1.CCCNC. The molecule has 1 heterocycles. The van der Waals surface area contributed by atoms with E-state index in [2.05, 4.69) is 33.7 Å². The van der Waals surface area contributed by atoms with E-state index in [9.17, 15) is 0 Å². The predicted octanol–water partition coefficient (Wildman–Crippen LogP) is 3.39. The third-order valence-electron chi connectivity index (χ3n) is 3.43. The smallest absolute Gasteiger partial charge is 0.142 e. The average Bonchev–Trinajstić information content (AvgIpc) is 2.62. The summed E-state index contributed by atoms with van der Waals surface area (Å²) in [6.45, 7) is 8.49. The van der Waals surface area contributed by atoms with Crippen LogP contribution in [0.3, 0.4) is 0 Å². The summed E-state index contributed by atoms with van der Waals surface area (Å²) in [5, 5.41) is 4.08. The number of hydrogen-bond acceptors (Lipinski definition) is 5. The third-order valence-corrected chi connectivity index (χ3v) is 3.43. The largest absolute Gasteiger partial charge is 0.504 e. The lowest BCUT2D eigenvalue weighted by Gasteiger charge is -2.16. The van der Waals surface area contributed by atoms with Gasteiger partial charge in [-0.15, -0.1) is 0 Å². The Balaban J connectivity index is 0.000000550. The van der Waals surface area contributed by atoms with E-state index in [1.54, 1.807) is 19.4 Å². The highest BCUT2D eigenvalue weighted by atomic mass is 16.5. The molecular weight excluding hydrogens is 312 g/mol. The van der Waals surface area contributed by atoms with Crippen molar-refractivity contribution in [2.45, 2.75) is 19.9 Å². The van der Waals surface area contributed by atoms with E-state index >= 15 is 0 Å². The number of fused-ring (bicyclic) bond motifs is 1. The Bertz CT molecular complexity index is 668. The van der Waals surface area contributed by atoms with Crippen LogP contribution in [0.4, 0.5) is 0 Å². The van der Waals surface area contributed by atoms with Crippen LogP contribution in [0.5, 0.6) is 0 Å². The maximum atomic E-state index is 5.01. The van der Waals surface area contributed by atoms with Gasteiger partial charge in [0, 0.05) is 23.7 Å². The molecule has 2 rings (SSSR count). The van der Waals surface area contributed by atoms with E-state index in [4.69, 9.17) is 4.74 Å². The van der Waals surface area contributed by atoms with Gasteiger partial charge in [0.1, 0.15) is 5.82 Å². The monoisotopic (exact) mass is 342 g/mol. The van der Waals surface area contributed by atoms with Gasteiger partial charge in [-0.1, -0.05) is 37.8 Å². The highest BCUT2D eigenvalue weighted by Gasteiger charge is 2.05. The van der Waals surface area contributed by atoms with Gasteiger partial charge in [0.15, 0.2) is 0 Å². The quantitative estimate of drug-likeness (QED) is 0.589. The van der Waals surface area contributed by atoms with E-state index < -0.39 is 0 Å². The number of para-hydroxylation sites is 1. The molecule has 5 heteroatoms. The molecule has 0 saturated heterocycles. The lowest BCUT2D eigenvalue weighted by molar-refractivity contribution is 0.316. The molecule has 0 radical (unpaired) electrons. The molecule has 0 aliphatic carbocycles. The molecule has 0 spiro atoms. The van der Waals surface area contributed by atoms with Crippen molar-refractivity contribution in [1.29, 1.82) is 0 Å². The molecule has 0 aliphatic rings. The molecule has 25 heavy (non-hydrogen) atoms. The Hall–Kier alpha value is -2.24. The molecule has 0 saturated carbocycles. The minimum absolute atomic E-state index is 0.680. The number of benzene rings is 1. The standard InChI is InChI=1S/C16H19N3O.C4H11N/c1-4-13(12-20-3)10-19(2)11-16-17-9-14-7-5-6-8-15(14)18-16;1-3-4-5-2/h4-9,12H,1,10-11H2,2-3H3;5H,3-4H2,1-2H3/b13-12+;. The molecular formula is C20H30N4O. The summed E-state index contributed by atoms with van der Waals surface area (Å²) < 4.78 is 5.01. The molecule has 0 amide bonds. The first-order valence-electron chi connectivity index (χ1n) is 8.52. The van der Waals surface area contributed by atoms with Crippen LogP contribution in [0.2, 0.25) is 0 Å². The maximum absolute atomic E-state index is 5.01. The maximum Gasteiger partial charge on any atom is 0.142 e. The van der Waals surface area contributed by atoms with Crippen molar-refractivity contribution >= 4 is 10.9 Å². The number of hydrogen-bond donors (Lipinski definition) is 1. The van der Waals surface area contributed by atoms with Crippen LogP contribution >= 0.6 is 0 Å². The predicted molar refractivity (Wildman–Crippen MR) is 105 cm³/mol. The molecule has 5 nitrogen and oxygen atoms in total. The number of methoxy groups -OCH3 is 1. The Morgan fingerprint density at radius 3 is 2.72 bits per heavy atom. The van der Waals surface area contributed by atoms with Gasteiger partial charge in [0.25, 0.3) is 0 Å². The zero-order valence-corrected chi connectivity index (χ0v) is 15.8. The van der Waals surface area contributed by atoms with E-state index in [0.717, 1.165) is 35.4 Å². The van der Waals surface area contributed by atoms with Crippen molar-refractivity contribution in [2.75, 3.05) is 34.3 Å². The molecule has 136 valence electrons. The van der Waals surface area contributed by atoms with Crippen LogP contribution < -0.4 is 5.32 Å². The third kappa shape index (κ3) is 7.92. The molecule has 0 unspecified atom stereocenters. The van der Waals surface area contributed by atoms with E-state index in [1.165, 1.54) is 6.42 Å². The van der Waals surface area contributed by atoms with E-state index in [1.807, 2.05) is 44.6 Å². The molecule has 0 atom stereocenters.